The zero-order valence-electron chi connectivity index (χ0n) is 21.5. The molecule has 4 heterocycles. The molecule has 0 amide bonds. The zero-order valence-corrected chi connectivity index (χ0v) is 21.5. The van der Waals surface area contributed by atoms with Crippen LogP contribution in [0.5, 0.6) is 0 Å². The summed E-state index contributed by atoms with van der Waals surface area (Å²) in [6.07, 6.45) is 12.6. The molecule has 0 radical (unpaired) electrons. The average Bonchev–Trinajstić information content (AvgIpc) is 3.65. The van der Waals surface area contributed by atoms with Crippen molar-refractivity contribution in [1.29, 1.82) is 0 Å². The van der Waals surface area contributed by atoms with Gasteiger partial charge in [0.25, 0.3) is 5.95 Å². The number of hydrogen-bond acceptors (Lipinski definition) is 8. The Morgan fingerprint density at radius 1 is 1.08 bits per heavy atom. The van der Waals surface area contributed by atoms with Crippen molar-refractivity contribution in [3.05, 3.63) is 76.8 Å². The van der Waals surface area contributed by atoms with E-state index in [0.717, 1.165) is 36.1 Å². The van der Waals surface area contributed by atoms with E-state index in [9.17, 15) is 4.79 Å². The van der Waals surface area contributed by atoms with Gasteiger partial charge in [-0.3, -0.25) is 4.57 Å². The molecule has 37 heavy (non-hydrogen) atoms. The minimum atomic E-state index is -0.582. The number of imidazole rings is 1. The van der Waals surface area contributed by atoms with E-state index in [-0.39, 0.29) is 11.2 Å². The number of unbranched alkanes of at least 4 members (excludes halogenated alkanes) is 1. The van der Waals surface area contributed by atoms with Crippen molar-refractivity contribution >= 4 is 0 Å². The molecular formula is C25H31N11O. The number of hydrogen-bond donors (Lipinski definition) is 2. The van der Waals surface area contributed by atoms with Gasteiger partial charge in [0, 0.05) is 24.0 Å². The highest BCUT2D eigenvalue weighted by Crippen LogP contribution is 2.33. The molecule has 0 unspecified atom stereocenters. The molecule has 0 spiro atoms. The summed E-state index contributed by atoms with van der Waals surface area (Å²) in [5.74, 6) is 0.985. The lowest BCUT2D eigenvalue weighted by Gasteiger charge is -2.31. The van der Waals surface area contributed by atoms with Gasteiger partial charge in [-0.2, -0.15) is 0 Å². The van der Waals surface area contributed by atoms with Gasteiger partial charge in [-0.15, -0.1) is 5.10 Å². The number of nitrogens with one attached hydrogen (secondary N) is 2. The summed E-state index contributed by atoms with van der Waals surface area (Å²) in [4.78, 5) is 14.0. The summed E-state index contributed by atoms with van der Waals surface area (Å²) < 4.78 is 5.09. The van der Waals surface area contributed by atoms with E-state index in [1.54, 1.807) is 9.25 Å². The van der Waals surface area contributed by atoms with Gasteiger partial charge in [-0.25, -0.2) is 19.1 Å². The standard InChI is InChI=1S/C25H31N11O/c1-5-6-10-20-16-34(22-29-32-33-36(22)24(2,3)4)23(37)35(20)17-25(11-13-26-14-12-25)19-9-7-8-18(15-19)21-27-30-31-28-21/h7-9,11-16,26H,5-6,10,17H2,1-4H3,(H,27,28,30,31). The molecule has 5 rings (SSSR count). The van der Waals surface area contributed by atoms with E-state index in [0.29, 0.717) is 18.3 Å². The van der Waals surface area contributed by atoms with Crippen LogP contribution in [0.1, 0.15) is 51.8 Å². The second-order valence-corrected chi connectivity index (χ2v) is 10.2. The lowest BCUT2D eigenvalue weighted by molar-refractivity contribution is 0.342. The fourth-order valence-electron chi connectivity index (χ4n) is 4.56. The van der Waals surface area contributed by atoms with E-state index >= 15 is 0 Å². The van der Waals surface area contributed by atoms with Crippen molar-refractivity contribution in [2.75, 3.05) is 0 Å². The van der Waals surface area contributed by atoms with Gasteiger partial charge in [0.2, 0.25) is 0 Å². The molecule has 1 aromatic carbocycles. The van der Waals surface area contributed by atoms with Crippen LogP contribution in [0.25, 0.3) is 17.3 Å². The van der Waals surface area contributed by atoms with E-state index in [1.807, 2.05) is 56.1 Å². The highest BCUT2D eigenvalue weighted by Gasteiger charge is 2.32. The predicted octanol–water partition coefficient (Wildman–Crippen LogP) is 2.47. The van der Waals surface area contributed by atoms with E-state index in [2.05, 4.69) is 72.7 Å². The number of H-pyrrole nitrogens is 1. The predicted molar refractivity (Wildman–Crippen MR) is 138 cm³/mol. The number of aromatic nitrogens is 10. The van der Waals surface area contributed by atoms with Gasteiger partial charge in [-0.05, 0) is 78.5 Å². The second-order valence-electron chi connectivity index (χ2n) is 10.2. The van der Waals surface area contributed by atoms with Crippen molar-refractivity contribution in [3.8, 4) is 17.3 Å². The fraction of sp³-hybridized carbons (Fsp3) is 0.400. The van der Waals surface area contributed by atoms with Crippen molar-refractivity contribution in [1.82, 2.24) is 55.3 Å². The van der Waals surface area contributed by atoms with Gasteiger partial charge in [0.1, 0.15) is 0 Å². The third kappa shape index (κ3) is 4.61. The van der Waals surface area contributed by atoms with Crippen LogP contribution in [0.3, 0.4) is 0 Å². The van der Waals surface area contributed by atoms with E-state index in [4.69, 9.17) is 0 Å². The normalized spacial score (nSPS) is 14.7. The molecule has 0 saturated heterocycles. The first kappa shape index (κ1) is 24.3. The maximum absolute atomic E-state index is 14.0. The van der Waals surface area contributed by atoms with Crippen LogP contribution in [0.15, 0.2) is 59.8 Å². The van der Waals surface area contributed by atoms with E-state index < -0.39 is 5.41 Å². The van der Waals surface area contributed by atoms with Crippen LogP contribution in [-0.4, -0.2) is 50.0 Å². The molecular weight excluding hydrogens is 470 g/mol. The summed E-state index contributed by atoms with van der Waals surface area (Å²) in [5, 5.41) is 29.6. The Morgan fingerprint density at radius 3 is 2.59 bits per heavy atom. The number of aromatic amines is 1. The Hall–Kier alpha value is -4.35. The maximum atomic E-state index is 14.0. The first-order chi connectivity index (χ1) is 17.8. The smallest absolute Gasteiger partial charge is 0.335 e. The Kier molecular flexibility index (Phi) is 6.32. The molecule has 0 aliphatic carbocycles. The lowest BCUT2D eigenvalue weighted by Crippen LogP contribution is -2.37. The van der Waals surface area contributed by atoms with Crippen molar-refractivity contribution in [2.24, 2.45) is 0 Å². The van der Waals surface area contributed by atoms with Crippen LogP contribution in [-0.2, 0) is 23.9 Å². The van der Waals surface area contributed by atoms with Crippen molar-refractivity contribution in [2.45, 2.75) is 64.5 Å². The summed E-state index contributed by atoms with van der Waals surface area (Å²) in [6.45, 7) is 8.56. The molecule has 0 bridgehead atoms. The largest absolute Gasteiger partial charge is 0.368 e. The number of rotatable bonds is 8. The van der Waals surface area contributed by atoms with Crippen molar-refractivity contribution < 1.29 is 0 Å². The molecule has 3 aromatic heterocycles. The maximum Gasteiger partial charge on any atom is 0.335 e. The van der Waals surface area contributed by atoms with Crippen LogP contribution in [0.2, 0.25) is 0 Å². The molecule has 12 heteroatoms. The number of allylic oxidation sites excluding steroid dienone is 2. The highest BCUT2D eigenvalue weighted by molar-refractivity contribution is 5.57. The molecule has 2 N–H and O–H groups in total. The van der Waals surface area contributed by atoms with Gasteiger partial charge in [-0.1, -0.05) is 48.8 Å². The van der Waals surface area contributed by atoms with Gasteiger partial charge in [0.15, 0.2) is 5.82 Å². The molecule has 0 fully saturated rings. The first-order valence-electron chi connectivity index (χ1n) is 12.4. The monoisotopic (exact) mass is 501 g/mol. The minimum Gasteiger partial charge on any atom is -0.368 e. The number of tetrazole rings is 2. The summed E-state index contributed by atoms with van der Waals surface area (Å²) in [5.41, 5.74) is 1.66. The molecule has 192 valence electrons. The van der Waals surface area contributed by atoms with Crippen LogP contribution >= 0.6 is 0 Å². The Labute approximate surface area is 214 Å². The number of dihydropyridines is 1. The minimum absolute atomic E-state index is 0.179. The third-order valence-corrected chi connectivity index (χ3v) is 6.54. The highest BCUT2D eigenvalue weighted by atomic mass is 16.2. The molecule has 0 saturated carbocycles. The SMILES string of the molecule is CCCCc1cn(-c2nnnn2C(C)(C)C)c(=O)n1CC1(c2cccc(-c3nnn[nH]3)c2)C=CNC=C1. The van der Waals surface area contributed by atoms with Crippen LogP contribution in [0, 0.1) is 0 Å². The van der Waals surface area contributed by atoms with Crippen LogP contribution in [0.4, 0.5) is 0 Å². The van der Waals surface area contributed by atoms with Gasteiger partial charge in [0.05, 0.1) is 11.0 Å². The molecule has 4 aromatic rings. The number of benzene rings is 1. The van der Waals surface area contributed by atoms with Crippen LogP contribution < -0.4 is 11.0 Å². The molecule has 12 nitrogen and oxygen atoms in total. The quantitative estimate of drug-likeness (QED) is 0.376. The zero-order chi connectivity index (χ0) is 26.0. The van der Waals surface area contributed by atoms with Crippen molar-refractivity contribution in [3.63, 3.8) is 0 Å². The molecule has 0 atom stereocenters. The Balaban J connectivity index is 1.63. The lowest BCUT2D eigenvalue weighted by atomic mass is 9.78. The number of nitrogens with zero attached hydrogens (tertiary/aromatic N) is 9. The summed E-state index contributed by atoms with van der Waals surface area (Å²) in [7, 11) is 0. The topological polar surface area (TPSA) is 137 Å². The van der Waals surface area contributed by atoms with E-state index in [1.165, 1.54) is 0 Å². The van der Waals surface area contributed by atoms with Gasteiger partial charge >= 0.3 is 5.69 Å². The third-order valence-electron chi connectivity index (χ3n) is 6.54. The Morgan fingerprint density at radius 2 is 1.89 bits per heavy atom. The molecule has 1 aliphatic rings. The first-order valence-corrected chi connectivity index (χ1v) is 12.4. The average molecular weight is 502 g/mol. The summed E-state index contributed by atoms with van der Waals surface area (Å²) in [6, 6.07) is 8.04. The Bertz CT molecular complexity index is 1470. The second kappa shape index (κ2) is 9.60. The molecule has 1 aliphatic heterocycles. The number of aryl methyl sites for hydroxylation is 1. The van der Waals surface area contributed by atoms with Gasteiger partial charge < -0.3 is 5.32 Å². The summed E-state index contributed by atoms with van der Waals surface area (Å²) >= 11 is 0. The fourth-order valence-corrected chi connectivity index (χ4v) is 4.56.